The highest BCUT2D eigenvalue weighted by atomic mass is 32.2. The molecule has 0 radical (unpaired) electrons. The molecule has 1 heteroatoms. The van der Waals surface area contributed by atoms with E-state index in [1.54, 1.807) is 0 Å². The van der Waals surface area contributed by atoms with Gasteiger partial charge in [-0.05, 0) is 11.8 Å². The van der Waals surface area contributed by atoms with Crippen molar-refractivity contribution in [2.45, 2.75) is 32.4 Å². The van der Waals surface area contributed by atoms with Crippen molar-refractivity contribution in [2.24, 2.45) is 0 Å². The van der Waals surface area contributed by atoms with E-state index in [0.29, 0.717) is 0 Å². The highest BCUT2D eigenvalue weighted by molar-refractivity contribution is 8.02. The van der Waals surface area contributed by atoms with Crippen LogP contribution in [-0.2, 0) is 0 Å². The molecule has 0 aliphatic rings. The topological polar surface area (TPSA) is 0 Å². The Labute approximate surface area is 56.4 Å². The summed E-state index contributed by atoms with van der Waals surface area (Å²) in [5.41, 5.74) is 0. The molecule has 0 bridgehead atoms. The van der Waals surface area contributed by atoms with E-state index < -0.39 is 0 Å². The molecule has 8 heavy (non-hydrogen) atoms. The predicted molar refractivity (Wildman–Crippen MR) is 42.2 cm³/mol. The van der Waals surface area contributed by atoms with Crippen LogP contribution in [0.3, 0.4) is 0 Å². The summed E-state index contributed by atoms with van der Waals surface area (Å²) in [5.74, 6) is 0. The van der Waals surface area contributed by atoms with Gasteiger partial charge in [-0.1, -0.05) is 26.8 Å². The highest BCUT2D eigenvalue weighted by Crippen LogP contribution is 2.09. The minimum absolute atomic E-state index is 0.734. The molecule has 0 nitrogen and oxygen atoms in total. The van der Waals surface area contributed by atoms with Gasteiger partial charge in [0.1, 0.15) is 0 Å². The van der Waals surface area contributed by atoms with Crippen molar-refractivity contribution in [3.8, 4) is 0 Å². The van der Waals surface area contributed by atoms with Gasteiger partial charge >= 0.3 is 0 Å². The van der Waals surface area contributed by atoms with Crippen molar-refractivity contribution in [2.75, 3.05) is 0 Å². The SMILES string of the molecule is CC/C=C\SC(C)C. The smallest absolute Gasteiger partial charge is 0.00316 e. The standard InChI is InChI=1S/C7H14S/c1-4-5-6-8-7(2)3/h5-7H,4H2,1-3H3/b6-5-. The molecular weight excluding hydrogens is 116 g/mol. The third kappa shape index (κ3) is 6.09. The van der Waals surface area contributed by atoms with Gasteiger partial charge in [0, 0.05) is 5.25 Å². The molecular formula is C7H14S. The van der Waals surface area contributed by atoms with Gasteiger partial charge < -0.3 is 0 Å². The Hall–Kier alpha value is 0.0900. The van der Waals surface area contributed by atoms with Gasteiger partial charge in [-0.15, -0.1) is 11.8 Å². The maximum Gasteiger partial charge on any atom is 0.00316 e. The molecule has 0 aromatic heterocycles. The van der Waals surface area contributed by atoms with Gasteiger partial charge in [0.2, 0.25) is 0 Å². The van der Waals surface area contributed by atoms with Crippen molar-refractivity contribution in [3.05, 3.63) is 11.5 Å². The van der Waals surface area contributed by atoms with E-state index in [1.165, 1.54) is 0 Å². The van der Waals surface area contributed by atoms with E-state index in [0.717, 1.165) is 11.7 Å². The maximum absolute atomic E-state index is 2.20. The van der Waals surface area contributed by atoms with Gasteiger partial charge in [0.25, 0.3) is 0 Å². The first-order valence-corrected chi connectivity index (χ1v) is 4.02. The number of hydrogen-bond donors (Lipinski definition) is 0. The Morgan fingerprint density at radius 3 is 2.50 bits per heavy atom. The first kappa shape index (κ1) is 8.09. The normalized spacial score (nSPS) is 11.5. The first-order valence-electron chi connectivity index (χ1n) is 3.07. The summed E-state index contributed by atoms with van der Waals surface area (Å²) in [5, 5.41) is 2.91. The van der Waals surface area contributed by atoms with Crippen LogP contribution in [0.2, 0.25) is 0 Å². The monoisotopic (exact) mass is 130 g/mol. The average Bonchev–Trinajstić information content (AvgIpc) is 1.66. The Balaban J connectivity index is 3.03. The largest absolute Gasteiger partial charge is 0.132 e. The lowest BCUT2D eigenvalue weighted by Gasteiger charge is -1.94. The third-order valence-electron chi connectivity index (χ3n) is 0.683. The molecule has 0 saturated carbocycles. The van der Waals surface area contributed by atoms with Crippen LogP contribution >= 0.6 is 11.8 Å². The molecule has 0 unspecified atom stereocenters. The number of thioether (sulfide) groups is 1. The van der Waals surface area contributed by atoms with Crippen molar-refractivity contribution in [1.29, 1.82) is 0 Å². The molecule has 0 atom stereocenters. The van der Waals surface area contributed by atoms with E-state index in [4.69, 9.17) is 0 Å². The molecule has 0 fully saturated rings. The molecule has 0 aromatic rings. The number of rotatable bonds is 3. The zero-order valence-corrected chi connectivity index (χ0v) is 6.66. The van der Waals surface area contributed by atoms with Crippen LogP contribution in [-0.4, -0.2) is 5.25 Å². The average molecular weight is 130 g/mol. The van der Waals surface area contributed by atoms with Crippen LogP contribution in [0.15, 0.2) is 11.5 Å². The fourth-order valence-corrected chi connectivity index (χ4v) is 0.927. The van der Waals surface area contributed by atoms with Gasteiger partial charge in [-0.2, -0.15) is 0 Å². The van der Waals surface area contributed by atoms with Crippen LogP contribution in [0.5, 0.6) is 0 Å². The summed E-state index contributed by atoms with van der Waals surface area (Å²) in [7, 11) is 0. The lowest BCUT2D eigenvalue weighted by Crippen LogP contribution is -1.79. The second-order valence-electron chi connectivity index (χ2n) is 1.96. The summed E-state index contributed by atoms with van der Waals surface area (Å²) < 4.78 is 0. The van der Waals surface area contributed by atoms with E-state index in [-0.39, 0.29) is 0 Å². The molecule has 0 aliphatic carbocycles. The zero-order valence-electron chi connectivity index (χ0n) is 5.85. The van der Waals surface area contributed by atoms with Gasteiger partial charge in [0.05, 0.1) is 0 Å². The second-order valence-corrected chi connectivity index (χ2v) is 3.45. The number of hydrogen-bond acceptors (Lipinski definition) is 1. The lowest BCUT2D eigenvalue weighted by atomic mass is 10.5. The zero-order chi connectivity index (χ0) is 6.41. The Kier molecular flexibility index (Phi) is 5.29. The van der Waals surface area contributed by atoms with Crippen LogP contribution in [0.25, 0.3) is 0 Å². The minimum atomic E-state index is 0.734. The summed E-state index contributed by atoms with van der Waals surface area (Å²) in [4.78, 5) is 0. The van der Waals surface area contributed by atoms with E-state index >= 15 is 0 Å². The van der Waals surface area contributed by atoms with Crippen LogP contribution in [0, 0.1) is 0 Å². The van der Waals surface area contributed by atoms with Crippen LogP contribution in [0.1, 0.15) is 27.2 Å². The van der Waals surface area contributed by atoms with Crippen molar-refractivity contribution < 1.29 is 0 Å². The van der Waals surface area contributed by atoms with Crippen LogP contribution in [0.4, 0.5) is 0 Å². The Morgan fingerprint density at radius 1 is 1.50 bits per heavy atom. The van der Waals surface area contributed by atoms with Gasteiger partial charge in [-0.25, -0.2) is 0 Å². The minimum Gasteiger partial charge on any atom is -0.132 e. The summed E-state index contributed by atoms with van der Waals surface area (Å²) in [6.45, 7) is 6.55. The summed E-state index contributed by atoms with van der Waals surface area (Å²) in [6, 6.07) is 0. The Morgan fingerprint density at radius 2 is 2.12 bits per heavy atom. The Bertz CT molecular complexity index is 64.8. The molecule has 0 amide bonds. The van der Waals surface area contributed by atoms with Crippen molar-refractivity contribution in [3.63, 3.8) is 0 Å². The van der Waals surface area contributed by atoms with Crippen molar-refractivity contribution >= 4 is 11.8 Å². The number of allylic oxidation sites excluding steroid dienone is 1. The van der Waals surface area contributed by atoms with Crippen LogP contribution < -0.4 is 0 Å². The first-order chi connectivity index (χ1) is 3.77. The predicted octanol–water partition coefficient (Wildman–Crippen LogP) is 3.05. The highest BCUT2D eigenvalue weighted by Gasteiger charge is 1.84. The maximum atomic E-state index is 2.20. The van der Waals surface area contributed by atoms with E-state index in [2.05, 4.69) is 32.3 Å². The fraction of sp³-hybridized carbons (Fsp3) is 0.714. The lowest BCUT2D eigenvalue weighted by molar-refractivity contribution is 1.12. The van der Waals surface area contributed by atoms with Gasteiger partial charge in [0.15, 0.2) is 0 Å². The van der Waals surface area contributed by atoms with E-state index in [1.807, 2.05) is 11.8 Å². The molecule has 0 aliphatic heterocycles. The molecule has 0 saturated heterocycles. The molecule has 0 N–H and O–H groups in total. The molecule has 0 heterocycles. The third-order valence-corrected chi connectivity index (χ3v) is 1.58. The van der Waals surface area contributed by atoms with Crippen molar-refractivity contribution in [1.82, 2.24) is 0 Å². The van der Waals surface area contributed by atoms with Gasteiger partial charge in [-0.3, -0.25) is 0 Å². The van der Waals surface area contributed by atoms with E-state index in [9.17, 15) is 0 Å². The molecule has 0 aromatic carbocycles. The quantitative estimate of drug-likeness (QED) is 0.566. The second kappa shape index (κ2) is 5.23. The molecule has 0 rings (SSSR count). The summed E-state index contributed by atoms with van der Waals surface area (Å²) in [6.07, 6.45) is 3.34. The molecule has 0 spiro atoms. The fourth-order valence-electron chi connectivity index (χ4n) is 0.309. The molecule has 48 valence electrons. The summed E-state index contributed by atoms with van der Waals surface area (Å²) >= 11 is 1.88.